The topological polar surface area (TPSA) is 79.1 Å². The van der Waals surface area contributed by atoms with Crippen molar-refractivity contribution in [1.82, 2.24) is 4.98 Å². The van der Waals surface area contributed by atoms with Gasteiger partial charge in [-0.05, 0) is 0 Å². The van der Waals surface area contributed by atoms with Crippen LogP contribution in [0, 0.1) is 0 Å². The molecular weight excluding hydrogens is 292 g/mol. The highest BCUT2D eigenvalue weighted by molar-refractivity contribution is 8.93. The number of hydrogen-bond donors (Lipinski definition) is 3. The molecule has 1 rings (SSSR count). The number of halogens is 2. The predicted molar refractivity (Wildman–Crippen MR) is 57.3 cm³/mol. The van der Waals surface area contributed by atoms with Gasteiger partial charge in [-0.15, -0.1) is 34.0 Å². The number of hydrogen-bond acceptors (Lipinski definition) is 3. The van der Waals surface area contributed by atoms with Gasteiger partial charge in [-0.3, -0.25) is 4.79 Å². The first-order valence-corrected chi connectivity index (χ1v) is 2.85. The van der Waals surface area contributed by atoms with Crippen molar-refractivity contribution in [2.45, 2.75) is 6.54 Å². The fourth-order valence-electron chi connectivity index (χ4n) is 0.670. The van der Waals surface area contributed by atoms with Crippen molar-refractivity contribution in [3.05, 3.63) is 28.2 Å². The average molecular weight is 302 g/mol. The van der Waals surface area contributed by atoms with Crippen molar-refractivity contribution in [3.8, 4) is 5.75 Å². The van der Waals surface area contributed by atoms with Crippen molar-refractivity contribution in [1.29, 1.82) is 0 Å². The third kappa shape index (κ3) is 2.96. The lowest BCUT2D eigenvalue weighted by atomic mass is 10.3. The van der Waals surface area contributed by atoms with Gasteiger partial charge in [-0.1, -0.05) is 0 Å². The van der Waals surface area contributed by atoms with Crippen LogP contribution in [0.25, 0.3) is 0 Å². The molecule has 6 heteroatoms. The highest BCUT2D eigenvalue weighted by atomic mass is 79.9. The van der Waals surface area contributed by atoms with Gasteiger partial charge in [0.1, 0.15) is 0 Å². The van der Waals surface area contributed by atoms with Crippen LogP contribution in [0.4, 0.5) is 0 Å². The number of H-pyrrole nitrogens is 1. The summed E-state index contributed by atoms with van der Waals surface area (Å²) in [7, 11) is 0. The molecule has 0 radical (unpaired) electrons. The first kappa shape index (κ1) is 14.2. The molecule has 4 N–H and O–H groups in total. The number of aromatic nitrogens is 1. The van der Waals surface area contributed by atoms with Gasteiger partial charge in [0.15, 0.2) is 5.75 Å². The molecule has 4 nitrogen and oxygen atoms in total. The summed E-state index contributed by atoms with van der Waals surface area (Å²) in [5, 5.41) is 8.97. The lowest BCUT2D eigenvalue weighted by Gasteiger charge is -1.97. The SMILES string of the molecule is Br.Br.NCc1[nH]ccc(=O)c1O. The summed E-state index contributed by atoms with van der Waals surface area (Å²) >= 11 is 0. The van der Waals surface area contributed by atoms with E-state index in [9.17, 15) is 4.79 Å². The molecule has 0 saturated carbocycles. The normalized spacial score (nSPS) is 8.08. The molecule has 0 spiro atoms. The highest BCUT2D eigenvalue weighted by Gasteiger charge is 2.00. The van der Waals surface area contributed by atoms with Gasteiger partial charge < -0.3 is 15.8 Å². The van der Waals surface area contributed by atoms with Crippen LogP contribution in [0.3, 0.4) is 0 Å². The number of nitrogens with one attached hydrogen (secondary N) is 1. The molecule has 0 bridgehead atoms. The summed E-state index contributed by atoms with van der Waals surface area (Å²) in [4.78, 5) is 13.3. The Morgan fingerprint density at radius 3 is 2.50 bits per heavy atom. The predicted octanol–water partition coefficient (Wildman–Crippen LogP) is 0.695. The van der Waals surface area contributed by atoms with E-state index in [1.165, 1.54) is 12.3 Å². The van der Waals surface area contributed by atoms with Crippen LogP contribution in [0.15, 0.2) is 17.1 Å². The van der Waals surface area contributed by atoms with E-state index >= 15 is 0 Å². The Morgan fingerprint density at radius 2 is 2.08 bits per heavy atom. The van der Waals surface area contributed by atoms with Gasteiger partial charge in [-0.2, -0.15) is 0 Å². The van der Waals surface area contributed by atoms with Crippen LogP contribution < -0.4 is 11.2 Å². The Balaban J connectivity index is 0. The number of aromatic hydroxyl groups is 1. The molecule has 70 valence electrons. The van der Waals surface area contributed by atoms with Gasteiger partial charge in [0.05, 0.1) is 5.69 Å². The zero-order valence-corrected chi connectivity index (χ0v) is 9.54. The number of pyridine rings is 1. The molecule has 0 fully saturated rings. The molecule has 0 atom stereocenters. The minimum Gasteiger partial charge on any atom is -0.503 e. The summed E-state index contributed by atoms with van der Waals surface area (Å²) in [6.07, 6.45) is 1.45. The van der Waals surface area contributed by atoms with Gasteiger partial charge in [-0.25, -0.2) is 0 Å². The maximum atomic E-state index is 10.7. The lowest BCUT2D eigenvalue weighted by Crippen LogP contribution is -2.07. The van der Waals surface area contributed by atoms with Crippen molar-refractivity contribution in [2.75, 3.05) is 0 Å². The van der Waals surface area contributed by atoms with E-state index < -0.39 is 5.43 Å². The Morgan fingerprint density at radius 1 is 1.50 bits per heavy atom. The largest absolute Gasteiger partial charge is 0.503 e. The summed E-state index contributed by atoms with van der Waals surface area (Å²) in [6, 6.07) is 1.24. The number of rotatable bonds is 1. The standard InChI is InChI=1S/C6H8N2O2.2BrH/c7-3-4-6(10)5(9)1-2-8-4;;/h1-2,10H,3,7H2,(H,8,9);2*1H. The number of nitrogens with two attached hydrogens (primary N) is 1. The third-order valence-electron chi connectivity index (χ3n) is 1.22. The Kier molecular flexibility index (Phi) is 7.36. The molecule has 0 amide bonds. The molecule has 1 aromatic heterocycles. The van der Waals surface area contributed by atoms with E-state index in [4.69, 9.17) is 10.8 Å². The van der Waals surface area contributed by atoms with Crippen molar-refractivity contribution in [2.24, 2.45) is 5.73 Å². The van der Waals surface area contributed by atoms with E-state index in [2.05, 4.69) is 4.98 Å². The van der Waals surface area contributed by atoms with Crippen molar-refractivity contribution in [3.63, 3.8) is 0 Å². The number of aromatic amines is 1. The highest BCUT2D eigenvalue weighted by Crippen LogP contribution is 2.03. The van der Waals surface area contributed by atoms with Gasteiger partial charge in [0.2, 0.25) is 5.43 Å². The molecule has 0 aromatic carbocycles. The second kappa shape index (κ2) is 6.22. The summed E-state index contributed by atoms with van der Waals surface area (Å²) < 4.78 is 0. The zero-order chi connectivity index (χ0) is 7.56. The maximum absolute atomic E-state index is 10.7. The second-order valence-electron chi connectivity index (χ2n) is 1.87. The Labute approximate surface area is 90.3 Å². The molecule has 0 aliphatic carbocycles. The van der Waals surface area contributed by atoms with E-state index in [0.717, 1.165) is 0 Å². The summed E-state index contributed by atoms with van der Waals surface area (Å²) in [6.45, 7) is 0.141. The van der Waals surface area contributed by atoms with Crippen molar-refractivity contribution < 1.29 is 5.11 Å². The van der Waals surface area contributed by atoms with Crippen LogP contribution in [0.5, 0.6) is 5.75 Å². The van der Waals surface area contributed by atoms with Crippen LogP contribution in [-0.2, 0) is 6.54 Å². The quantitative estimate of drug-likeness (QED) is 0.714. The van der Waals surface area contributed by atoms with Gasteiger partial charge in [0, 0.05) is 18.8 Å². The smallest absolute Gasteiger partial charge is 0.223 e. The van der Waals surface area contributed by atoms with Crippen LogP contribution in [-0.4, -0.2) is 10.1 Å². The van der Waals surface area contributed by atoms with E-state index in [1.807, 2.05) is 0 Å². The van der Waals surface area contributed by atoms with Crippen LogP contribution in [0.2, 0.25) is 0 Å². The summed E-state index contributed by atoms with van der Waals surface area (Å²) in [5.74, 6) is -0.287. The monoisotopic (exact) mass is 300 g/mol. The van der Waals surface area contributed by atoms with Crippen molar-refractivity contribution >= 4 is 34.0 Å². The molecule has 1 heterocycles. The first-order chi connectivity index (χ1) is 4.75. The lowest BCUT2D eigenvalue weighted by molar-refractivity contribution is 0.459. The van der Waals surface area contributed by atoms with E-state index in [0.29, 0.717) is 5.69 Å². The Hall–Kier alpha value is -0.330. The third-order valence-corrected chi connectivity index (χ3v) is 1.22. The molecule has 12 heavy (non-hydrogen) atoms. The van der Waals surface area contributed by atoms with Crippen LogP contribution >= 0.6 is 34.0 Å². The van der Waals surface area contributed by atoms with Gasteiger partial charge in [0.25, 0.3) is 0 Å². The van der Waals surface area contributed by atoms with Crippen LogP contribution in [0.1, 0.15) is 5.69 Å². The van der Waals surface area contributed by atoms with E-state index in [-0.39, 0.29) is 46.3 Å². The molecular formula is C6H10Br2N2O2. The zero-order valence-electron chi connectivity index (χ0n) is 6.11. The Bertz CT molecular complexity index is 287. The molecule has 0 unspecified atom stereocenters. The van der Waals surface area contributed by atoms with Gasteiger partial charge >= 0.3 is 0 Å². The second-order valence-corrected chi connectivity index (χ2v) is 1.87. The molecule has 0 aliphatic rings. The van der Waals surface area contributed by atoms with E-state index in [1.54, 1.807) is 0 Å². The fourth-order valence-corrected chi connectivity index (χ4v) is 0.670. The fraction of sp³-hybridized carbons (Fsp3) is 0.167. The summed E-state index contributed by atoms with van der Waals surface area (Å²) in [5.41, 5.74) is 5.15. The first-order valence-electron chi connectivity index (χ1n) is 2.85. The minimum atomic E-state index is -0.404. The molecule has 0 saturated heterocycles. The average Bonchev–Trinajstić information content (AvgIpc) is 1.95. The molecule has 1 aromatic rings. The minimum absolute atomic E-state index is 0. The maximum Gasteiger partial charge on any atom is 0.223 e. The molecule has 0 aliphatic heterocycles.